The lowest BCUT2D eigenvalue weighted by Gasteiger charge is -2.25. The lowest BCUT2D eigenvalue weighted by molar-refractivity contribution is -0.138. The topological polar surface area (TPSA) is 69.6 Å². The molecule has 1 unspecified atom stereocenters. The molecule has 0 saturated carbocycles. The number of rotatable bonds is 9. The molecule has 190 valence electrons. The molecule has 0 amide bonds. The van der Waals surface area contributed by atoms with Gasteiger partial charge in [-0.25, -0.2) is 18.2 Å². The van der Waals surface area contributed by atoms with Gasteiger partial charge in [0.1, 0.15) is 18.1 Å². The van der Waals surface area contributed by atoms with Gasteiger partial charge in [0.15, 0.2) is 28.8 Å². The summed E-state index contributed by atoms with van der Waals surface area (Å²) in [6.07, 6.45) is -4.17. The molecule has 0 radical (unpaired) electrons. The Morgan fingerprint density at radius 2 is 1.74 bits per heavy atom. The normalized spacial score (nSPS) is 13.8. The number of fused-ring (bicyclic) bond motifs is 1. The summed E-state index contributed by atoms with van der Waals surface area (Å²) < 4.78 is 86.1. The highest BCUT2D eigenvalue weighted by molar-refractivity contribution is 5.96. The molecule has 0 saturated heterocycles. The summed E-state index contributed by atoms with van der Waals surface area (Å²) in [6, 6.07) is 3.02. The maximum atomic E-state index is 14.0. The number of Topliss-reactive ketones (excluding diaryl/α,β-unsaturated/α-hetero) is 1. The molecule has 3 rings (SSSR count). The van der Waals surface area contributed by atoms with Crippen LogP contribution in [0.25, 0.3) is 5.65 Å². The Kier molecular flexibility index (Phi) is 7.49. The van der Waals surface area contributed by atoms with E-state index in [1.54, 1.807) is 26.1 Å². The van der Waals surface area contributed by atoms with Crippen molar-refractivity contribution < 1.29 is 35.9 Å². The smallest absolute Gasteiger partial charge is 0.389 e. The van der Waals surface area contributed by atoms with Crippen LogP contribution in [0.4, 0.5) is 26.3 Å². The quantitative estimate of drug-likeness (QED) is 0.223. The molecule has 2 heterocycles. The average Bonchev–Trinajstić information content (AvgIpc) is 3.08. The van der Waals surface area contributed by atoms with Gasteiger partial charge in [0.25, 0.3) is 0 Å². The summed E-state index contributed by atoms with van der Waals surface area (Å²) in [5, 5.41) is 0. The third-order valence-corrected chi connectivity index (χ3v) is 5.68. The van der Waals surface area contributed by atoms with Crippen molar-refractivity contribution in [2.24, 2.45) is 5.73 Å². The maximum absolute atomic E-state index is 14.0. The van der Waals surface area contributed by atoms with E-state index in [2.05, 4.69) is 4.98 Å². The van der Waals surface area contributed by atoms with E-state index in [4.69, 9.17) is 10.5 Å². The molecule has 0 fully saturated rings. The zero-order chi connectivity index (χ0) is 26.1. The second kappa shape index (κ2) is 9.88. The van der Waals surface area contributed by atoms with Crippen molar-refractivity contribution >= 4 is 11.4 Å². The molecule has 0 aliphatic heterocycles. The van der Waals surface area contributed by atoms with Crippen LogP contribution in [0.1, 0.15) is 59.9 Å². The molecule has 11 heteroatoms. The van der Waals surface area contributed by atoms with Crippen molar-refractivity contribution in [2.75, 3.05) is 0 Å². The summed E-state index contributed by atoms with van der Waals surface area (Å²) in [4.78, 5) is 17.3. The number of benzene rings is 1. The summed E-state index contributed by atoms with van der Waals surface area (Å²) in [5.41, 5.74) is 5.55. The van der Waals surface area contributed by atoms with E-state index < -0.39 is 47.8 Å². The Morgan fingerprint density at radius 3 is 2.40 bits per heavy atom. The first-order chi connectivity index (χ1) is 16.2. The predicted octanol–water partition coefficient (Wildman–Crippen LogP) is 5.97. The number of imidazole rings is 1. The number of carbonyl (C=O) groups excluding carboxylic acids is 1. The minimum absolute atomic E-state index is 0.0296. The number of hydrogen-bond donors (Lipinski definition) is 1. The van der Waals surface area contributed by atoms with Gasteiger partial charge < -0.3 is 10.5 Å². The van der Waals surface area contributed by atoms with Gasteiger partial charge in [0.2, 0.25) is 0 Å². The van der Waals surface area contributed by atoms with E-state index in [9.17, 15) is 31.1 Å². The monoisotopic (exact) mass is 501 g/mol. The van der Waals surface area contributed by atoms with Crippen LogP contribution in [0.3, 0.4) is 0 Å². The second-order valence-electron chi connectivity index (χ2n) is 8.92. The van der Waals surface area contributed by atoms with Gasteiger partial charge in [-0.15, -0.1) is 0 Å². The average molecular weight is 501 g/mol. The summed E-state index contributed by atoms with van der Waals surface area (Å²) >= 11 is 0. The van der Waals surface area contributed by atoms with Crippen molar-refractivity contribution in [2.45, 2.75) is 64.8 Å². The van der Waals surface area contributed by atoms with Crippen LogP contribution in [-0.2, 0) is 6.61 Å². The Morgan fingerprint density at radius 1 is 1.09 bits per heavy atom. The number of pyridine rings is 1. The van der Waals surface area contributed by atoms with Crippen LogP contribution in [0.2, 0.25) is 0 Å². The zero-order valence-corrected chi connectivity index (χ0v) is 19.4. The standard InChI is InChI=1S/C24H25F6N3O2/c1-13-10-19(35-12-15-16(25)4-5-17(26)20(15)27)22-32-14(2)21(33(22)11-13)18(34)6-7-23(3,31)8-9-24(28,29)30/h4-5,10-11H,6-9,12,31H2,1-3H3. The number of aromatic nitrogens is 2. The molecule has 0 aliphatic carbocycles. The molecule has 3 aromatic rings. The first-order valence-electron chi connectivity index (χ1n) is 10.8. The number of halogens is 6. The number of hydrogen-bond acceptors (Lipinski definition) is 4. The van der Waals surface area contributed by atoms with Crippen molar-refractivity contribution in [3.8, 4) is 5.75 Å². The Bertz CT molecular complexity index is 1250. The van der Waals surface area contributed by atoms with Crippen molar-refractivity contribution in [3.05, 3.63) is 64.4 Å². The van der Waals surface area contributed by atoms with Gasteiger partial charge in [-0.2, -0.15) is 13.2 Å². The van der Waals surface area contributed by atoms with Crippen LogP contribution >= 0.6 is 0 Å². The first kappa shape index (κ1) is 26.5. The minimum atomic E-state index is -4.34. The highest BCUT2D eigenvalue weighted by atomic mass is 19.4. The van der Waals surface area contributed by atoms with Gasteiger partial charge >= 0.3 is 6.18 Å². The fourth-order valence-corrected chi connectivity index (χ4v) is 3.72. The van der Waals surface area contributed by atoms with Crippen LogP contribution in [0, 0.1) is 31.3 Å². The fraction of sp³-hybridized carbons (Fsp3) is 0.417. The molecule has 0 aliphatic rings. The van der Waals surface area contributed by atoms with E-state index in [1.165, 1.54) is 11.3 Å². The summed E-state index contributed by atoms with van der Waals surface area (Å²) in [7, 11) is 0. The van der Waals surface area contributed by atoms with Gasteiger partial charge in [0, 0.05) is 24.6 Å². The van der Waals surface area contributed by atoms with Crippen LogP contribution in [-0.4, -0.2) is 26.9 Å². The van der Waals surface area contributed by atoms with E-state index >= 15 is 0 Å². The lowest BCUT2D eigenvalue weighted by Crippen LogP contribution is -2.38. The molecule has 0 bridgehead atoms. The molecule has 2 N–H and O–H groups in total. The van der Waals surface area contributed by atoms with E-state index in [0.717, 1.165) is 6.07 Å². The van der Waals surface area contributed by atoms with Gasteiger partial charge in [0.05, 0.1) is 11.3 Å². The number of ether oxygens (including phenoxy) is 1. The lowest BCUT2D eigenvalue weighted by atomic mass is 9.90. The third kappa shape index (κ3) is 6.33. The molecule has 2 aromatic heterocycles. The zero-order valence-electron chi connectivity index (χ0n) is 19.4. The number of nitrogens with zero attached hydrogens (tertiary/aromatic N) is 2. The molecule has 35 heavy (non-hydrogen) atoms. The molecular formula is C24H25F6N3O2. The largest absolute Gasteiger partial charge is 0.485 e. The SMILES string of the molecule is Cc1cc(OCc2c(F)ccc(F)c2F)c2nc(C)c(C(=O)CCC(C)(N)CCC(F)(F)F)n2c1. The second-order valence-corrected chi connectivity index (χ2v) is 8.92. The molecule has 0 spiro atoms. The Hall–Kier alpha value is -3.08. The minimum Gasteiger partial charge on any atom is -0.485 e. The molecular weight excluding hydrogens is 476 g/mol. The number of nitrogens with two attached hydrogens (primary N) is 1. The summed E-state index contributed by atoms with van der Waals surface area (Å²) in [6.45, 7) is 4.13. The van der Waals surface area contributed by atoms with Gasteiger partial charge in [-0.3, -0.25) is 9.20 Å². The predicted molar refractivity (Wildman–Crippen MR) is 117 cm³/mol. The first-order valence-corrected chi connectivity index (χ1v) is 10.8. The number of aryl methyl sites for hydroxylation is 2. The van der Waals surface area contributed by atoms with Crippen molar-refractivity contribution in [1.82, 2.24) is 9.38 Å². The van der Waals surface area contributed by atoms with Gasteiger partial charge in [-0.05, 0) is 57.4 Å². The van der Waals surface area contributed by atoms with Crippen LogP contribution in [0.15, 0.2) is 24.4 Å². The van der Waals surface area contributed by atoms with E-state index in [1.807, 2.05) is 0 Å². The van der Waals surface area contributed by atoms with Crippen LogP contribution in [0.5, 0.6) is 5.75 Å². The highest BCUT2D eigenvalue weighted by Crippen LogP contribution is 2.29. The third-order valence-electron chi connectivity index (χ3n) is 5.68. The summed E-state index contributed by atoms with van der Waals surface area (Å²) in [5.74, 6) is -3.81. The molecule has 1 aromatic carbocycles. The fourth-order valence-electron chi connectivity index (χ4n) is 3.72. The number of ketones is 1. The van der Waals surface area contributed by atoms with Crippen LogP contribution < -0.4 is 10.5 Å². The van der Waals surface area contributed by atoms with Crippen molar-refractivity contribution in [3.63, 3.8) is 0 Å². The molecule has 5 nitrogen and oxygen atoms in total. The van der Waals surface area contributed by atoms with Gasteiger partial charge in [-0.1, -0.05) is 0 Å². The Balaban J connectivity index is 1.84. The van der Waals surface area contributed by atoms with E-state index in [0.29, 0.717) is 17.3 Å². The number of carbonyl (C=O) groups is 1. The Labute approximate surface area is 197 Å². The van der Waals surface area contributed by atoms with E-state index in [-0.39, 0.29) is 42.1 Å². The van der Waals surface area contributed by atoms with Crippen molar-refractivity contribution in [1.29, 1.82) is 0 Å². The number of alkyl halides is 3. The highest BCUT2D eigenvalue weighted by Gasteiger charge is 2.32. The molecule has 1 atom stereocenters. The maximum Gasteiger partial charge on any atom is 0.389 e.